The second-order valence-electron chi connectivity index (χ2n) is 5.38. The van der Waals surface area contributed by atoms with E-state index in [-0.39, 0.29) is 11.7 Å². The average Bonchev–Trinajstić information content (AvgIpc) is 2.89. The fourth-order valence-corrected chi connectivity index (χ4v) is 2.70. The van der Waals surface area contributed by atoms with Gasteiger partial charge in [0.15, 0.2) is 5.78 Å². The van der Waals surface area contributed by atoms with E-state index in [1.54, 1.807) is 0 Å². The Labute approximate surface area is 125 Å². The highest BCUT2D eigenvalue weighted by atomic mass is 16.5. The summed E-state index contributed by atoms with van der Waals surface area (Å²) in [4.78, 5) is 23.8. The number of esters is 1. The first-order valence-corrected chi connectivity index (χ1v) is 7.51. The molecule has 0 aliphatic heterocycles. The van der Waals surface area contributed by atoms with Crippen LogP contribution in [0.15, 0.2) is 24.3 Å². The van der Waals surface area contributed by atoms with Gasteiger partial charge in [0.25, 0.3) is 0 Å². The summed E-state index contributed by atoms with van der Waals surface area (Å²) in [5.74, 6) is -0.412. The lowest BCUT2D eigenvalue weighted by molar-refractivity contribution is -0.148. The summed E-state index contributed by atoms with van der Waals surface area (Å²) in [5.41, 5.74) is 0.953. The molecule has 1 aliphatic rings. The lowest BCUT2D eigenvalue weighted by atomic mass is 9.95. The molecule has 1 aromatic rings. The van der Waals surface area contributed by atoms with E-state index in [1.165, 1.54) is 7.11 Å². The Morgan fingerprint density at radius 1 is 1.24 bits per heavy atom. The number of hydrogen-bond acceptors (Lipinski definition) is 4. The van der Waals surface area contributed by atoms with Gasteiger partial charge >= 0.3 is 5.97 Å². The lowest BCUT2D eigenvalue weighted by Gasteiger charge is -2.11. The van der Waals surface area contributed by atoms with Gasteiger partial charge < -0.3 is 9.47 Å². The van der Waals surface area contributed by atoms with Crippen LogP contribution in [-0.2, 0) is 14.3 Å². The van der Waals surface area contributed by atoms with Crippen molar-refractivity contribution in [1.29, 1.82) is 0 Å². The van der Waals surface area contributed by atoms with Crippen LogP contribution in [0.1, 0.15) is 44.1 Å². The van der Waals surface area contributed by atoms with E-state index in [1.807, 2.05) is 24.3 Å². The van der Waals surface area contributed by atoms with Gasteiger partial charge in [0.05, 0.1) is 13.7 Å². The summed E-state index contributed by atoms with van der Waals surface area (Å²) in [6.07, 6.45) is 3.41. The van der Waals surface area contributed by atoms with Gasteiger partial charge in [-0.05, 0) is 37.0 Å². The van der Waals surface area contributed by atoms with E-state index in [0.29, 0.717) is 19.4 Å². The lowest BCUT2D eigenvalue weighted by Crippen LogP contribution is -2.22. The average molecular weight is 290 g/mol. The number of benzene rings is 1. The van der Waals surface area contributed by atoms with Crippen LogP contribution in [0.3, 0.4) is 0 Å². The minimum atomic E-state index is -0.597. The van der Waals surface area contributed by atoms with Crippen molar-refractivity contribution >= 4 is 11.8 Å². The summed E-state index contributed by atoms with van der Waals surface area (Å²) in [6, 6.07) is 7.63. The van der Waals surface area contributed by atoms with E-state index in [0.717, 1.165) is 24.2 Å². The van der Waals surface area contributed by atoms with Gasteiger partial charge in [-0.3, -0.25) is 9.59 Å². The molecule has 21 heavy (non-hydrogen) atoms. The predicted molar refractivity (Wildman–Crippen MR) is 79.3 cm³/mol. The Kier molecular flexibility index (Phi) is 5.37. The molecular formula is C17H22O4. The molecule has 0 radical (unpaired) electrons. The molecule has 1 fully saturated rings. The van der Waals surface area contributed by atoms with Crippen molar-refractivity contribution in [3.8, 4) is 5.75 Å². The summed E-state index contributed by atoms with van der Waals surface area (Å²) in [7, 11) is 1.32. The van der Waals surface area contributed by atoms with Gasteiger partial charge in [-0.2, -0.15) is 0 Å². The zero-order chi connectivity index (χ0) is 15.2. The monoisotopic (exact) mass is 290 g/mol. The van der Waals surface area contributed by atoms with E-state index in [9.17, 15) is 9.59 Å². The van der Waals surface area contributed by atoms with Crippen molar-refractivity contribution in [3.63, 3.8) is 0 Å². The molecule has 0 bridgehead atoms. The van der Waals surface area contributed by atoms with Gasteiger partial charge in [0.2, 0.25) is 0 Å². The van der Waals surface area contributed by atoms with Crippen LogP contribution in [0, 0.1) is 5.92 Å². The van der Waals surface area contributed by atoms with Crippen molar-refractivity contribution in [2.24, 2.45) is 5.92 Å². The van der Waals surface area contributed by atoms with Crippen LogP contribution in [0.5, 0.6) is 5.75 Å². The number of ketones is 1. The number of ether oxygens (including phenoxy) is 2. The van der Waals surface area contributed by atoms with Crippen molar-refractivity contribution in [3.05, 3.63) is 29.8 Å². The van der Waals surface area contributed by atoms with E-state index in [2.05, 4.69) is 11.7 Å². The quantitative estimate of drug-likeness (QED) is 0.459. The molecule has 4 nitrogen and oxygen atoms in total. The molecule has 2 unspecified atom stereocenters. The van der Waals surface area contributed by atoms with Gasteiger partial charge in [-0.25, -0.2) is 0 Å². The Morgan fingerprint density at radius 3 is 2.57 bits per heavy atom. The minimum absolute atomic E-state index is 0.0264. The molecule has 0 amide bonds. The third-order valence-corrected chi connectivity index (χ3v) is 3.97. The van der Waals surface area contributed by atoms with Gasteiger partial charge in [0.1, 0.15) is 11.7 Å². The van der Waals surface area contributed by atoms with Crippen LogP contribution >= 0.6 is 0 Å². The summed E-state index contributed by atoms with van der Waals surface area (Å²) >= 11 is 0. The van der Waals surface area contributed by atoms with E-state index in [4.69, 9.17) is 4.74 Å². The summed E-state index contributed by atoms with van der Waals surface area (Å²) in [6.45, 7) is 2.83. The SMILES string of the molecule is CCCCOc1ccc(C2CCC(C(=O)OC)C2=O)cc1. The van der Waals surface area contributed by atoms with Crippen molar-refractivity contribution in [1.82, 2.24) is 0 Å². The second-order valence-corrected chi connectivity index (χ2v) is 5.38. The van der Waals surface area contributed by atoms with Crippen LogP contribution < -0.4 is 4.74 Å². The van der Waals surface area contributed by atoms with Gasteiger partial charge in [-0.1, -0.05) is 25.5 Å². The van der Waals surface area contributed by atoms with Crippen molar-refractivity contribution in [2.75, 3.05) is 13.7 Å². The maximum atomic E-state index is 12.3. The van der Waals surface area contributed by atoms with Gasteiger partial charge in [-0.15, -0.1) is 0 Å². The summed E-state index contributed by atoms with van der Waals surface area (Å²) < 4.78 is 10.3. The van der Waals surface area contributed by atoms with E-state index >= 15 is 0 Å². The van der Waals surface area contributed by atoms with Crippen LogP contribution in [0.25, 0.3) is 0 Å². The van der Waals surface area contributed by atoms with Crippen molar-refractivity contribution < 1.29 is 19.1 Å². The minimum Gasteiger partial charge on any atom is -0.494 e. The van der Waals surface area contributed by atoms with Crippen LogP contribution in [0.4, 0.5) is 0 Å². The topological polar surface area (TPSA) is 52.6 Å². The third kappa shape index (κ3) is 3.63. The van der Waals surface area contributed by atoms with Crippen molar-refractivity contribution in [2.45, 2.75) is 38.5 Å². The molecule has 114 valence electrons. The fourth-order valence-electron chi connectivity index (χ4n) is 2.70. The molecule has 1 aliphatic carbocycles. The highest BCUT2D eigenvalue weighted by molar-refractivity contribution is 6.03. The molecule has 1 saturated carbocycles. The normalized spacial score (nSPS) is 21.3. The molecule has 0 N–H and O–H groups in total. The fraction of sp³-hybridized carbons (Fsp3) is 0.529. The smallest absolute Gasteiger partial charge is 0.316 e. The molecule has 4 heteroatoms. The highest BCUT2D eigenvalue weighted by Crippen LogP contribution is 2.36. The molecule has 2 atom stereocenters. The first kappa shape index (κ1) is 15.5. The highest BCUT2D eigenvalue weighted by Gasteiger charge is 2.40. The Morgan fingerprint density at radius 2 is 1.95 bits per heavy atom. The van der Waals surface area contributed by atoms with Crippen LogP contribution in [0.2, 0.25) is 0 Å². The number of rotatable bonds is 6. The van der Waals surface area contributed by atoms with Crippen LogP contribution in [-0.4, -0.2) is 25.5 Å². The number of carbonyl (C=O) groups excluding carboxylic acids is 2. The number of Topliss-reactive ketones (excluding diaryl/α,β-unsaturated/α-hetero) is 1. The predicted octanol–water partition coefficient (Wildman–Crippen LogP) is 3.10. The Hall–Kier alpha value is -1.84. The van der Waals surface area contributed by atoms with Gasteiger partial charge in [0, 0.05) is 5.92 Å². The van der Waals surface area contributed by atoms with E-state index < -0.39 is 11.9 Å². The zero-order valence-electron chi connectivity index (χ0n) is 12.6. The molecule has 0 saturated heterocycles. The Balaban J connectivity index is 1.99. The Bertz CT molecular complexity index is 492. The number of methoxy groups -OCH3 is 1. The first-order valence-electron chi connectivity index (χ1n) is 7.51. The summed E-state index contributed by atoms with van der Waals surface area (Å²) in [5, 5.41) is 0. The second kappa shape index (κ2) is 7.25. The molecule has 2 rings (SSSR count). The first-order chi connectivity index (χ1) is 10.2. The maximum absolute atomic E-state index is 12.3. The maximum Gasteiger partial charge on any atom is 0.316 e. The zero-order valence-corrected chi connectivity index (χ0v) is 12.6. The standard InChI is InChI=1S/C17H22O4/c1-3-4-11-21-13-7-5-12(6-8-13)14-9-10-15(16(14)18)17(19)20-2/h5-8,14-15H,3-4,9-11H2,1-2H3. The molecular weight excluding hydrogens is 268 g/mol. The largest absolute Gasteiger partial charge is 0.494 e. The number of hydrogen-bond donors (Lipinski definition) is 0. The number of carbonyl (C=O) groups is 2. The number of unbranched alkanes of at least 4 members (excludes halogenated alkanes) is 1. The molecule has 0 aromatic heterocycles. The molecule has 0 spiro atoms. The molecule has 0 heterocycles. The molecule has 1 aromatic carbocycles. The third-order valence-electron chi connectivity index (χ3n) is 3.97.